The van der Waals surface area contributed by atoms with E-state index in [1.165, 1.54) is 6.42 Å². The Labute approximate surface area is 134 Å². The van der Waals surface area contributed by atoms with Gasteiger partial charge in [0.1, 0.15) is 11.9 Å². The quantitative estimate of drug-likeness (QED) is 0.932. The van der Waals surface area contributed by atoms with Gasteiger partial charge in [0.25, 0.3) is 0 Å². The molecule has 0 bridgehead atoms. The van der Waals surface area contributed by atoms with Gasteiger partial charge in [-0.05, 0) is 25.0 Å². The fraction of sp³-hybridized carbons (Fsp3) is 0.500. The third-order valence-electron chi connectivity index (χ3n) is 4.11. The maximum absolute atomic E-state index is 10.4. The molecular formula is C16H20ClN3O2. The number of furan rings is 1. The summed E-state index contributed by atoms with van der Waals surface area (Å²) < 4.78 is 5.31. The van der Waals surface area contributed by atoms with E-state index in [0.29, 0.717) is 23.2 Å². The number of aliphatic hydroxyl groups is 1. The summed E-state index contributed by atoms with van der Waals surface area (Å²) in [4.78, 5) is 10.9. The zero-order valence-corrected chi connectivity index (χ0v) is 13.1. The maximum Gasteiger partial charge on any atom is 0.225 e. The molecule has 0 aromatic carbocycles. The van der Waals surface area contributed by atoms with Crippen LogP contribution in [0.3, 0.4) is 0 Å². The standard InChI is InChI=1S/C16H20ClN3O2/c17-12-10-18-16(19-11-12)20-7-3-1-2-5-13(20)9-14(21)15-6-4-8-22-15/h4,6,8,10-11,13-14,21H,1-3,5,7,9H2/t13-,14+/m0/s1. The first-order valence-electron chi connectivity index (χ1n) is 7.69. The molecule has 0 saturated carbocycles. The highest BCUT2D eigenvalue weighted by atomic mass is 35.5. The first-order valence-corrected chi connectivity index (χ1v) is 8.07. The molecule has 5 nitrogen and oxygen atoms in total. The lowest BCUT2D eigenvalue weighted by Gasteiger charge is -2.31. The normalized spacial score (nSPS) is 20.6. The molecule has 1 saturated heterocycles. The Kier molecular flexibility index (Phi) is 4.95. The monoisotopic (exact) mass is 321 g/mol. The first-order chi connectivity index (χ1) is 10.7. The van der Waals surface area contributed by atoms with Crippen molar-refractivity contribution in [1.82, 2.24) is 9.97 Å². The molecule has 1 fully saturated rings. The molecule has 2 atom stereocenters. The van der Waals surface area contributed by atoms with E-state index in [9.17, 15) is 5.11 Å². The van der Waals surface area contributed by atoms with E-state index in [1.54, 1.807) is 24.7 Å². The molecule has 0 radical (unpaired) electrons. The van der Waals surface area contributed by atoms with Crippen LogP contribution in [0.15, 0.2) is 35.2 Å². The van der Waals surface area contributed by atoms with Crippen molar-refractivity contribution < 1.29 is 9.52 Å². The van der Waals surface area contributed by atoms with Gasteiger partial charge in [-0.1, -0.05) is 24.4 Å². The number of hydrogen-bond donors (Lipinski definition) is 1. The lowest BCUT2D eigenvalue weighted by molar-refractivity contribution is 0.129. The number of halogens is 1. The molecule has 1 N–H and O–H groups in total. The molecule has 3 heterocycles. The molecule has 1 aliphatic heterocycles. The van der Waals surface area contributed by atoms with Gasteiger partial charge in [-0.3, -0.25) is 0 Å². The Morgan fingerprint density at radius 2 is 2.14 bits per heavy atom. The van der Waals surface area contributed by atoms with Gasteiger partial charge in [0.2, 0.25) is 5.95 Å². The summed E-state index contributed by atoms with van der Waals surface area (Å²) in [5.74, 6) is 1.30. The molecule has 0 aliphatic carbocycles. The third-order valence-corrected chi connectivity index (χ3v) is 4.30. The van der Waals surface area contributed by atoms with Crippen LogP contribution in [0.5, 0.6) is 0 Å². The summed E-state index contributed by atoms with van der Waals surface area (Å²) in [6.45, 7) is 0.900. The molecule has 3 rings (SSSR count). The van der Waals surface area contributed by atoms with Gasteiger partial charge >= 0.3 is 0 Å². The summed E-state index contributed by atoms with van der Waals surface area (Å²) in [5, 5.41) is 10.9. The number of nitrogens with zero attached hydrogens (tertiary/aromatic N) is 3. The fourth-order valence-corrected chi connectivity index (χ4v) is 3.09. The Balaban J connectivity index is 1.77. The van der Waals surface area contributed by atoms with E-state index in [2.05, 4.69) is 14.9 Å². The van der Waals surface area contributed by atoms with Crippen LogP contribution in [0.25, 0.3) is 0 Å². The minimum absolute atomic E-state index is 0.198. The minimum atomic E-state index is -0.604. The highest BCUT2D eigenvalue weighted by molar-refractivity contribution is 6.30. The highest BCUT2D eigenvalue weighted by Gasteiger charge is 2.26. The molecule has 118 valence electrons. The third kappa shape index (κ3) is 3.59. The smallest absolute Gasteiger partial charge is 0.225 e. The topological polar surface area (TPSA) is 62.4 Å². The average Bonchev–Trinajstić information content (AvgIpc) is 2.97. The molecule has 22 heavy (non-hydrogen) atoms. The number of aromatic nitrogens is 2. The SMILES string of the molecule is O[C@H](C[C@@H]1CCCCCN1c1ncc(Cl)cn1)c1ccco1. The Bertz CT molecular complexity index is 574. The van der Waals surface area contributed by atoms with Gasteiger partial charge in [0.15, 0.2) is 0 Å². The van der Waals surface area contributed by atoms with Gasteiger partial charge in [0.05, 0.1) is 23.7 Å². The second kappa shape index (κ2) is 7.11. The molecule has 1 aliphatic rings. The van der Waals surface area contributed by atoms with Crippen molar-refractivity contribution in [2.45, 2.75) is 44.2 Å². The van der Waals surface area contributed by atoms with E-state index in [-0.39, 0.29) is 6.04 Å². The Morgan fingerprint density at radius 1 is 1.32 bits per heavy atom. The Hall–Kier alpha value is -1.59. The lowest BCUT2D eigenvalue weighted by Crippen LogP contribution is -2.37. The summed E-state index contributed by atoms with van der Waals surface area (Å²) in [6.07, 6.45) is 9.31. The first kappa shape index (κ1) is 15.3. The molecule has 0 amide bonds. The van der Waals surface area contributed by atoms with Crippen molar-refractivity contribution in [1.29, 1.82) is 0 Å². The van der Waals surface area contributed by atoms with Crippen LogP contribution >= 0.6 is 11.6 Å². The van der Waals surface area contributed by atoms with Crippen LogP contribution in [-0.2, 0) is 0 Å². The second-order valence-electron chi connectivity index (χ2n) is 5.66. The molecule has 2 aromatic rings. The molecule has 0 spiro atoms. The molecule has 2 aromatic heterocycles. The van der Waals surface area contributed by atoms with Crippen LogP contribution < -0.4 is 4.90 Å². The summed E-state index contributed by atoms with van der Waals surface area (Å²) >= 11 is 5.88. The van der Waals surface area contributed by atoms with Gasteiger partial charge < -0.3 is 14.4 Å². The van der Waals surface area contributed by atoms with E-state index in [1.807, 2.05) is 6.07 Å². The maximum atomic E-state index is 10.4. The fourth-order valence-electron chi connectivity index (χ4n) is 2.99. The van der Waals surface area contributed by atoms with Crippen molar-refractivity contribution in [3.05, 3.63) is 41.6 Å². The predicted octanol–water partition coefficient (Wildman–Crippen LogP) is 3.60. The Morgan fingerprint density at radius 3 is 2.86 bits per heavy atom. The van der Waals surface area contributed by atoms with Crippen LogP contribution in [-0.4, -0.2) is 27.7 Å². The summed E-state index contributed by atoms with van der Waals surface area (Å²) in [5.41, 5.74) is 0. The largest absolute Gasteiger partial charge is 0.467 e. The predicted molar refractivity (Wildman–Crippen MR) is 84.9 cm³/mol. The van der Waals surface area contributed by atoms with E-state index in [0.717, 1.165) is 25.8 Å². The summed E-state index contributed by atoms with van der Waals surface area (Å²) in [7, 11) is 0. The van der Waals surface area contributed by atoms with Crippen molar-refractivity contribution in [2.24, 2.45) is 0 Å². The molecule has 6 heteroatoms. The highest BCUT2D eigenvalue weighted by Crippen LogP contribution is 2.28. The number of rotatable bonds is 4. The zero-order valence-electron chi connectivity index (χ0n) is 12.4. The molecular weight excluding hydrogens is 302 g/mol. The van der Waals surface area contributed by atoms with E-state index in [4.69, 9.17) is 16.0 Å². The van der Waals surface area contributed by atoms with E-state index >= 15 is 0 Å². The average molecular weight is 322 g/mol. The van der Waals surface area contributed by atoms with Crippen LogP contribution in [0.2, 0.25) is 5.02 Å². The van der Waals surface area contributed by atoms with Crippen LogP contribution in [0.4, 0.5) is 5.95 Å². The van der Waals surface area contributed by atoms with Crippen molar-refractivity contribution in [3.63, 3.8) is 0 Å². The van der Waals surface area contributed by atoms with Gasteiger partial charge in [-0.2, -0.15) is 0 Å². The van der Waals surface area contributed by atoms with Crippen LogP contribution in [0, 0.1) is 0 Å². The number of aliphatic hydroxyl groups excluding tert-OH is 1. The number of anilines is 1. The molecule has 0 unspecified atom stereocenters. The minimum Gasteiger partial charge on any atom is -0.467 e. The second-order valence-corrected chi connectivity index (χ2v) is 6.10. The van der Waals surface area contributed by atoms with Crippen molar-refractivity contribution in [2.75, 3.05) is 11.4 Å². The van der Waals surface area contributed by atoms with Gasteiger partial charge in [0, 0.05) is 19.0 Å². The van der Waals surface area contributed by atoms with Gasteiger partial charge in [-0.15, -0.1) is 0 Å². The van der Waals surface area contributed by atoms with Crippen molar-refractivity contribution in [3.8, 4) is 0 Å². The van der Waals surface area contributed by atoms with Crippen LogP contribution in [0.1, 0.15) is 44.0 Å². The van der Waals surface area contributed by atoms with Gasteiger partial charge in [-0.25, -0.2) is 9.97 Å². The lowest BCUT2D eigenvalue weighted by atomic mass is 10.0. The zero-order chi connectivity index (χ0) is 15.4. The van der Waals surface area contributed by atoms with Crippen molar-refractivity contribution >= 4 is 17.5 Å². The van der Waals surface area contributed by atoms with E-state index < -0.39 is 6.10 Å². The number of hydrogen-bond acceptors (Lipinski definition) is 5. The summed E-state index contributed by atoms with van der Waals surface area (Å²) in [6, 6.07) is 3.81.